The third-order valence-electron chi connectivity index (χ3n) is 6.73. The first-order chi connectivity index (χ1) is 15.4. The Morgan fingerprint density at radius 1 is 1.00 bits per heavy atom. The normalized spacial score (nSPS) is 20.6. The summed E-state index contributed by atoms with van der Waals surface area (Å²) in [7, 11) is 3.34. The number of allylic oxidation sites excluding steroid dienone is 4. The van der Waals surface area contributed by atoms with Crippen molar-refractivity contribution in [2.75, 3.05) is 19.2 Å². The lowest BCUT2D eigenvalue weighted by Crippen LogP contribution is -2.19. The summed E-state index contributed by atoms with van der Waals surface area (Å²) in [5, 5.41) is 7.17. The number of anilines is 1. The molecule has 0 N–H and O–H groups in total. The van der Waals surface area contributed by atoms with Gasteiger partial charge in [-0.25, -0.2) is 0 Å². The molecule has 2 aliphatic rings. The second-order valence-corrected chi connectivity index (χ2v) is 9.37. The van der Waals surface area contributed by atoms with Gasteiger partial charge < -0.3 is 9.47 Å². The molecule has 0 saturated heterocycles. The molecule has 1 unspecified atom stereocenters. The summed E-state index contributed by atoms with van der Waals surface area (Å²) < 4.78 is 11.0. The largest absolute Gasteiger partial charge is 0.493 e. The predicted molar refractivity (Wildman–Crippen MR) is 133 cm³/mol. The standard InChI is InChI=1S/C28H34N2O2/c1-20-10-9-17-28(2,3)24(20)15-14-22-19-25(30(29-22)23-11-7-6-8-12-23)21-13-16-26(31-4)27(18-21)32-5/h6-8,11-16,18,25H,9-10,17,19H2,1-5H3/b15-14+. The highest BCUT2D eigenvalue weighted by Crippen LogP contribution is 2.42. The minimum absolute atomic E-state index is 0.103. The molecule has 2 aromatic carbocycles. The van der Waals surface area contributed by atoms with Crippen LogP contribution in [-0.2, 0) is 0 Å². The van der Waals surface area contributed by atoms with Gasteiger partial charge in [-0.05, 0) is 73.1 Å². The Morgan fingerprint density at radius 3 is 2.44 bits per heavy atom. The van der Waals surface area contributed by atoms with Crippen molar-refractivity contribution in [3.63, 3.8) is 0 Å². The molecule has 168 valence electrons. The first kappa shape index (κ1) is 22.2. The number of para-hydroxylation sites is 1. The van der Waals surface area contributed by atoms with Gasteiger partial charge in [0.1, 0.15) is 0 Å². The number of nitrogens with zero attached hydrogens (tertiary/aromatic N) is 2. The van der Waals surface area contributed by atoms with Gasteiger partial charge in [-0.2, -0.15) is 5.10 Å². The SMILES string of the molecule is COc1ccc(C2CC(/C=C/C3=C(C)CCCC3(C)C)=NN2c2ccccc2)cc1OC. The monoisotopic (exact) mass is 430 g/mol. The molecule has 0 spiro atoms. The van der Waals surface area contributed by atoms with Gasteiger partial charge in [-0.1, -0.05) is 49.8 Å². The third kappa shape index (κ3) is 4.45. The highest BCUT2D eigenvalue weighted by atomic mass is 16.5. The molecule has 1 aliphatic heterocycles. The van der Waals surface area contributed by atoms with Crippen LogP contribution in [-0.4, -0.2) is 19.9 Å². The number of ether oxygens (including phenoxy) is 2. The number of rotatable bonds is 6. The molecule has 32 heavy (non-hydrogen) atoms. The summed E-state index contributed by atoms with van der Waals surface area (Å²) in [5.41, 5.74) is 6.53. The first-order valence-electron chi connectivity index (χ1n) is 11.4. The summed E-state index contributed by atoms with van der Waals surface area (Å²) >= 11 is 0. The summed E-state index contributed by atoms with van der Waals surface area (Å²) in [4.78, 5) is 0. The van der Waals surface area contributed by atoms with Gasteiger partial charge in [0.2, 0.25) is 0 Å². The zero-order valence-corrected chi connectivity index (χ0v) is 19.9. The van der Waals surface area contributed by atoms with E-state index >= 15 is 0 Å². The maximum atomic E-state index is 5.56. The Balaban J connectivity index is 1.67. The number of hydrogen-bond donors (Lipinski definition) is 0. The van der Waals surface area contributed by atoms with Crippen molar-refractivity contribution in [2.24, 2.45) is 10.5 Å². The van der Waals surface area contributed by atoms with E-state index in [2.05, 4.69) is 74.3 Å². The van der Waals surface area contributed by atoms with E-state index in [1.54, 1.807) is 14.2 Å². The van der Waals surface area contributed by atoms with E-state index in [-0.39, 0.29) is 11.5 Å². The number of benzene rings is 2. The van der Waals surface area contributed by atoms with Gasteiger partial charge in [-0.3, -0.25) is 5.01 Å². The fourth-order valence-electron chi connectivity index (χ4n) is 4.96. The Bertz CT molecular complexity index is 1050. The van der Waals surface area contributed by atoms with Crippen LogP contribution in [0, 0.1) is 5.41 Å². The fourth-order valence-corrected chi connectivity index (χ4v) is 4.96. The predicted octanol–water partition coefficient (Wildman–Crippen LogP) is 7.09. The Kier molecular flexibility index (Phi) is 6.40. The molecule has 1 atom stereocenters. The molecule has 0 aromatic heterocycles. The summed E-state index contributed by atoms with van der Waals surface area (Å²) in [6.45, 7) is 6.99. The Hall–Kier alpha value is -3.01. The topological polar surface area (TPSA) is 34.1 Å². The smallest absolute Gasteiger partial charge is 0.161 e. The molecule has 4 rings (SSSR count). The highest BCUT2D eigenvalue weighted by Gasteiger charge is 2.30. The van der Waals surface area contributed by atoms with Crippen LogP contribution in [0.3, 0.4) is 0 Å². The molecular formula is C28H34N2O2. The van der Waals surface area contributed by atoms with Crippen molar-refractivity contribution < 1.29 is 9.47 Å². The van der Waals surface area contributed by atoms with Crippen molar-refractivity contribution in [3.05, 3.63) is 77.4 Å². The van der Waals surface area contributed by atoms with Crippen LogP contribution in [0.15, 0.2) is 76.9 Å². The Labute approximate surface area is 192 Å². The summed E-state index contributed by atoms with van der Waals surface area (Å²) in [5.74, 6) is 1.48. The zero-order valence-electron chi connectivity index (χ0n) is 19.9. The molecular weight excluding hydrogens is 396 g/mol. The average molecular weight is 431 g/mol. The van der Waals surface area contributed by atoms with E-state index in [1.807, 2.05) is 12.1 Å². The quantitative estimate of drug-likeness (QED) is 0.490. The van der Waals surface area contributed by atoms with Crippen molar-refractivity contribution in [2.45, 2.75) is 52.5 Å². The maximum Gasteiger partial charge on any atom is 0.161 e. The maximum absolute atomic E-state index is 5.56. The van der Waals surface area contributed by atoms with Crippen LogP contribution in [0.4, 0.5) is 5.69 Å². The lowest BCUT2D eigenvalue weighted by atomic mass is 9.72. The molecule has 1 heterocycles. The molecule has 0 bridgehead atoms. The van der Waals surface area contributed by atoms with Crippen molar-refractivity contribution in [3.8, 4) is 11.5 Å². The van der Waals surface area contributed by atoms with E-state index in [9.17, 15) is 0 Å². The second-order valence-electron chi connectivity index (χ2n) is 9.37. The lowest BCUT2D eigenvalue weighted by molar-refractivity contribution is 0.354. The molecule has 0 amide bonds. The van der Waals surface area contributed by atoms with E-state index in [1.165, 1.54) is 30.4 Å². The van der Waals surface area contributed by atoms with Crippen LogP contribution in [0.2, 0.25) is 0 Å². The molecule has 0 radical (unpaired) electrons. The zero-order chi connectivity index (χ0) is 22.7. The van der Waals surface area contributed by atoms with Crippen LogP contribution in [0.1, 0.15) is 58.1 Å². The molecule has 4 nitrogen and oxygen atoms in total. The van der Waals surface area contributed by atoms with Gasteiger partial charge >= 0.3 is 0 Å². The molecule has 1 aliphatic carbocycles. The van der Waals surface area contributed by atoms with Crippen LogP contribution >= 0.6 is 0 Å². The first-order valence-corrected chi connectivity index (χ1v) is 11.4. The molecule has 0 fully saturated rings. The van der Waals surface area contributed by atoms with Gasteiger partial charge in [0.05, 0.1) is 31.7 Å². The van der Waals surface area contributed by atoms with Crippen molar-refractivity contribution in [1.29, 1.82) is 0 Å². The van der Waals surface area contributed by atoms with E-state index < -0.39 is 0 Å². The number of methoxy groups -OCH3 is 2. The van der Waals surface area contributed by atoms with Gasteiger partial charge in [0, 0.05) is 6.42 Å². The molecule has 2 aromatic rings. The summed E-state index contributed by atoms with van der Waals surface area (Å²) in [6.07, 6.45) is 9.09. The summed E-state index contributed by atoms with van der Waals surface area (Å²) in [6, 6.07) is 16.6. The lowest BCUT2D eigenvalue weighted by Gasteiger charge is -2.32. The fraction of sp³-hybridized carbons (Fsp3) is 0.393. The van der Waals surface area contributed by atoms with Gasteiger partial charge in [0.15, 0.2) is 11.5 Å². The minimum Gasteiger partial charge on any atom is -0.493 e. The van der Waals surface area contributed by atoms with Crippen LogP contribution in [0.25, 0.3) is 0 Å². The average Bonchev–Trinajstić information content (AvgIpc) is 3.22. The molecule has 0 saturated carbocycles. The van der Waals surface area contributed by atoms with E-state index in [0.717, 1.165) is 34.9 Å². The minimum atomic E-state index is 0.103. The third-order valence-corrected chi connectivity index (χ3v) is 6.73. The van der Waals surface area contributed by atoms with Gasteiger partial charge in [-0.15, -0.1) is 0 Å². The van der Waals surface area contributed by atoms with Gasteiger partial charge in [0.25, 0.3) is 0 Å². The van der Waals surface area contributed by atoms with Crippen molar-refractivity contribution in [1.82, 2.24) is 0 Å². The van der Waals surface area contributed by atoms with Crippen molar-refractivity contribution >= 4 is 11.4 Å². The van der Waals surface area contributed by atoms with E-state index in [4.69, 9.17) is 14.6 Å². The highest BCUT2D eigenvalue weighted by molar-refractivity contribution is 5.98. The number of hydrogen-bond acceptors (Lipinski definition) is 4. The second kappa shape index (κ2) is 9.23. The molecule has 4 heteroatoms. The Morgan fingerprint density at radius 2 is 1.75 bits per heavy atom. The van der Waals surface area contributed by atoms with Crippen LogP contribution < -0.4 is 14.5 Å². The van der Waals surface area contributed by atoms with Crippen LogP contribution in [0.5, 0.6) is 11.5 Å². The van der Waals surface area contributed by atoms with E-state index in [0.29, 0.717) is 0 Å². The number of hydrazone groups is 1.